The third-order valence-corrected chi connectivity index (χ3v) is 6.84. The highest BCUT2D eigenvalue weighted by Gasteiger charge is 2.25. The van der Waals surface area contributed by atoms with E-state index >= 15 is 0 Å². The van der Waals surface area contributed by atoms with Gasteiger partial charge in [0.05, 0.1) is 0 Å². The van der Waals surface area contributed by atoms with Gasteiger partial charge in [0.15, 0.2) is 11.6 Å². The van der Waals surface area contributed by atoms with Crippen molar-refractivity contribution in [3.8, 4) is 0 Å². The molecule has 148 valence electrons. The molecule has 27 heavy (non-hydrogen) atoms. The number of aryl methyl sites for hydroxylation is 1. The lowest BCUT2D eigenvalue weighted by Gasteiger charge is -2.30. The Kier molecular flexibility index (Phi) is 7.20. The third kappa shape index (κ3) is 5.28. The SMILES string of the molecule is CCS(=O)C1CCCC(NC(=NC)NCCCc2nnc3ccccn23)C1. The summed E-state index contributed by atoms with van der Waals surface area (Å²) in [5.41, 5.74) is 0.884. The molecule has 2 heterocycles. The van der Waals surface area contributed by atoms with Gasteiger partial charge in [-0.05, 0) is 37.8 Å². The molecule has 0 amide bonds. The fourth-order valence-electron chi connectivity index (χ4n) is 3.65. The van der Waals surface area contributed by atoms with Gasteiger partial charge >= 0.3 is 0 Å². The number of guanidine groups is 1. The number of pyridine rings is 1. The van der Waals surface area contributed by atoms with Crippen molar-refractivity contribution in [2.24, 2.45) is 4.99 Å². The van der Waals surface area contributed by atoms with Crippen LogP contribution < -0.4 is 10.6 Å². The predicted octanol–water partition coefficient (Wildman–Crippen LogP) is 1.91. The van der Waals surface area contributed by atoms with Gasteiger partial charge in [0.2, 0.25) is 0 Å². The molecule has 7 nitrogen and oxygen atoms in total. The second-order valence-corrected chi connectivity index (χ2v) is 8.95. The Morgan fingerprint density at radius 1 is 1.37 bits per heavy atom. The Bertz CT molecular complexity index is 789. The lowest BCUT2D eigenvalue weighted by molar-refractivity contribution is 0.413. The zero-order valence-electron chi connectivity index (χ0n) is 16.2. The van der Waals surface area contributed by atoms with E-state index in [2.05, 4.69) is 25.8 Å². The largest absolute Gasteiger partial charge is 0.356 e. The van der Waals surface area contributed by atoms with Crippen LogP contribution in [0, 0.1) is 0 Å². The van der Waals surface area contributed by atoms with Crippen molar-refractivity contribution in [1.82, 2.24) is 25.2 Å². The molecule has 0 aromatic carbocycles. The molecule has 2 N–H and O–H groups in total. The monoisotopic (exact) mass is 390 g/mol. The molecule has 3 unspecified atom stereocenters. The van der Waals surface area contributed by atoms with Gasteiger partial charge in [-0.15, -0.1) is 10.2 Å². The van der Waals surface area contributed by atoms with Crippen LogP contribution in [0.3, 0.4) is 0 Å². The Morgan fingerprint density at radius 3 is 3.07 bits per heavy atom. The van der Waals surface area contributed by atoms with Gasteiger partial charge in [-0.25, -0.2) is 0 Å². The van der Waals surface area contributed by atoms with E-state index in [1.54, 1.807) is 7.05 Å². The van der Waals surface area contributed by atoms with E-state index in [-0.39, 0.29) is 0 Å². The first-order valence-electron chi connectivity index (χ1n) is 9.84. The molecule has 3 atom stereocenters. The Labute approximate surface area is 163 Å². The van der Waals surface area contributed by atoms with Crippen LogP contribution in [0.4, 0.5) is 0 Å². The molecule has 3 rings (SSSR count). The molecular formula is C19H30N6OS. The number of nitrogens with one attached hydrogen (secondary N) is 2. The number of rotatable bonds is 7. The highest BCUT2D eigenvalue weighted by Crippen LogP contribution is 2.22. The first kappa shape index (κ1) is 19.8. The Morgan fingerprint density at radius 2 is 2.26 bits per heavy atom. The van der Waals surface area contributed by atoms with Crippen LogP contribution in [0.15, 0.2) is 29.4 Å². The number of hydrogen-bond acceptors (Lipinski definition) is 4. The molecule has 0 spiro atoms. The highest BCUT2D eigenvalue weighted by atomic mass is 32.2. The molecule has 8 heteroatoms. The predicted molar refractivity (Wildman–Crippen MR) is 111 cm³/mol. The van der Waals surface area contributed by atoms with Gasteiger partial charge in [-0.1, -0.05) is 19.4 Å². The maximum Gasteiger partial charge on any atom is 0.191 e. The standard InChI is InChI=1S/C19H30N6OS/c1-3-27(26)16-9-6-8-15(14-16)22-19(20-2)21-12-7-11-18-24-23-17-10-4-5-13-25(17)18/h4-5,10,13,15-16H,3,6-9,11-12,14H2,1-2H3,(H2,20,21,22). The number of fused-ring (bicyclic) bond motifs is 1. The highest BCUT2D eigenvalue weighted by molar-refractivity contribution is 7.85. The molecule has 2 aromatic rings. The molecule has 0 radical (unpaired) electrons. The smallest absolute Gasteiger partial charge is 0.191 e. The summed E-state index contributed by atoms with van der Waals surface area (Å²) in [6.07, 6.45) is 8.09. The summed E-state index contributed by atoms with van der Waals surface area (Å²) in [4.78, 5) is 4.34. The number of hydrogen-bond donors (Lipinski definition) is 2. The van der Waals surface area contributed by atoms with Crippen LogP contribution in [0.5, 0.6) is 0 Å². The van der Waals surface area contributed by atoms with Gasteiger partial charge in [0.25, 0.3) is 0 Å². The molecule has 1 fully saturated rings. The minimum Gasteiger partial charge on any atom is -0.356 e. The van der Waals surface area contributed by atoms with Crippen LogP contribution in [0.1, 0.15) is 44.9 Å². The Hall–Kier alpha value is -1.96. The second-order valence-electron chi connectivity index (χ2n) is 6.95. The summed E-state index contributed by atoms with van der Waals surface area (Å²) >= 11 is 0. The average Bonchev–Trinajstić information content (AvgIpc) is 3.13. The molecule has 0 bridgehead atoms. The van der Waals surface area contributed by atoms with E-state index in [0.717, 1.165) is 68.3 Å². The number of nitrogens with zero attached hydrogens (tertiary/aromatic N) is 4. The molecule has 0 saturated heterocycles. The van der Waals surface area contributed by atoms with Crippen molar-refractivity contribution >= 4 is 22.4 Å². The number of aliphatic imine (C=N–C) groups is 1. The fraction of sp³-hybridized carbons (Fsp3) is 0.632. The molecule has 2 aromatic heterocycles. The third-order valence-electron chi connectivity index (χ3n) is 5.10. The maximum absolute atomic E-state index is 12.1. The van der Waals surface area contributed by atoms with Crippen molar-refractivity contribution in [1.29, 1.82) is 0 Å². The zero-order chi connectivity index (χ0) is 19.1. The summed E-state index contributed by atoms with van der Waals surface area (Å²) in [6.45, 7) is 2.82. The number of aromatic nitrogens is 3. The molecule has 1 aliphatic rings. The van der Waals surface area contributed by atoms with E-state index in [4.69, 9.17) is 0 Å². The topological polar surface area (TPSA) is 83.7 Å². The van der Waals surface area contributed by atoms with Crippen molar-refractivity contribution < 1.29 is 4.21 Å². The summed E-state index contributed by atoms with van der Waals surface area (Å²) in [5.74, 6) is 2.56. The van der Waals surface area contributed by atoms with Crippen LogP contribution in [0.2, 0.25) is 0 Å². The molecular weight excluding hydrogens is 360 g/mol. The fourth-order valence-corrected chi connectivity index (χ4v) is 5.00. The minimum absolute atomic E-state index is 0.320. The molecule has 1 aliphatic carbocycles. The Balaban J connectivity index is 1.43. The van der Waals surface area contributed by atoms with Crippen molar-refractivity contribution in [3.05, 3.63) is 30.2 Å². The lowest BCUT2D eigenvalue weighted by atomic mass is 9.95. The summed E-state index contributed by atoms with van der Waals surface area (Å²) < 4.78 is 14.1. The summed E-state index contributed by atoms with van der Waals surface area (Å²) in [5, 5.41) is 15.7. The van der Waals surface area contributed by atoms with Gasteiger partial charge < -0.3 is 10.6 Å². The van der Waals surface area contributed by atoms with Gasteiger partial charge in [-0.2, -0.15) is 0 Å². The van der Waals surface area contributed by atoms with Crippen molar-refractivity contribution in [3.63, 3.8) is 0 Å². The van der Waals surface area contributed by atoms with Gasteiger partial charge in [-0.3, -0.25) is 13.6 Å². The lowest BCUT2D eigenvalue weighted by Crippen LogP contribution is -2.46. The van der Waals surface area contributed by atoms with E-state index in [9.17, 15) is 4.21 Å². The normalized spacial score (nSPS) is 21.9. The summed E-state index contributed by atoms with van der Waals surface area (Å²) in [7, 11) is 1.10. The van der Waals surface area contributed by atoms with Crippen LogP contribution in [0.25, 0.3) is 5.65 Å². The first-order valence-corrected chi connectivity index (χ1v) is 11.2. The van der Waals surface area contributed by atoms with E-state index in [1.165, 1.54) is 0 Å². The quantitative estimate of drug-likeness (QED) is 0.429. The second kappa shape index (κ2) is 9.82. The van der Waals surface area contributed by atoms with Gasteiger partial charge in [0, 0.05) is 54.1 Å². The van der Waals surface area contributed by atoms with Crippen molar-refractivity contribution in [2.45, 2.75) is 56.7 Å². The van der Waals surface area contributed by atoms with E-state index in [0.29, 0.717) is 11.3 Å². The van der Waals surface area contributed by atoms with E-state index in [1.807, 2.05) is 35.7 Å². The molecule has 1 saturated carbocycles. The van der Waals surface area contributed by atoms with Crippen LogP contribution in [-0.2, 0) is 17.2 Å². The average molecular weight is 391 g/mol. The maximum atomic E-state index is 12.1. The van der Waals surface area contributed by atoms with Crippen molar-refractivity contribution in [2.75, 3.05) is 19.3 Å². The van der Waals surface area contributed by atoms with E-state index < -0.39 is 10.8 Å². The minimum atomic E-state index is -0.702. The van der Waals surface area contributed by atoms with Crippen LogP contribution >= 0.6 is 0 Å². The molecule has 0 aliphatic heterocycles. The van der Waals surface area contributed by atoms with Gasteiger partial charge in [0.1, 0.15) is 5.82 Å². The zero-order valence-corrected chi connectivity index (χ0v) is 17.0. The summed E-state index contributed by atoms with van der Waals surface area (Å²) in [6, 6.07) is 6.28. The first-order chi connectivity index (χ1) is 13.2. The van der Waals surface area contributed by atoms with Crippen LogP contribution in [-0.4, -0.2) is 55.4 Å².